The zero-order chi connectivity index (χ0) is 14.2. The third-order valence-corrected chi connectivity index (χ3v) is 4.33. The van der Waals surface area contributed by atoms with E-state index < -0.39 is 0 Å². The number of hydrogen-bond donors (Lipinski definition) is 2. The van der Waals surface area contributed by atoms with Crippen LogP contribution in [0, 0.1) is 6.92 Å². The maximum absolute atomic E-state index is 4.81. The number of pyridine rings is 1. The minimum atomic E-state index is 0.697. The number of aromatic nitrogens is 3. The van der Waals surface area contributed by atoms with E-state index in [1.807, 2.05) is 6.07 Å². The molecule has 21 heavy (non-hydrogen) atoms. The molecule has 2 fully saturated rings. The molecule has 0 unspecified atom stereocenters. The Labute approximate surface area is 124 Å². The van der Waals surface area contributed by atoms with Crippen LogP contribution in [0.2, 0.25) is 0 Å². The van der Waals surface area contributed by atoms with E-state index in [1.165, 1.54) is 18.5 Å². The predicted molar refractivity (Wildman–Crippen MR) is 83.6 cm³/mol. The molecule has 0 amide bonds. The molecule has 1 aliphatic heterocycles. The van der Waals surface area contributed by atoms with E-state index in [9.17, 15) is 0 Å². The van der Waals surface area contributed by atoms with Crippen molar-refractivity contribution < 1.29 is 0 Å². The summed E-state index contributed by atoms with van der Waals surface area (Å²) in [6.45, 7) is 6.17. The Morgan fingerprint density at radius 1 is 1.14 bits per heavy atom. The van der Waals surface area contributed by atoms with E-state index in [1.54, 1.807) is 0 Å². The number of nitrogens with zero attached hydrogens (tertiary/aromatic N) is 3. The fourth-order valence-corrected chi connectivity index (χ4v) is 2.99. The summed E-state index contributed by atoms with van der Waals surface area (Å²) >= 11 is 0. The van der Waals surface area contributed by atoms with Gasteiger partial charge in [0.15, 0.2) is 5.82 Å². The normalized spacial score (nSPS) is 19.0. The van der Waals surface area contributed by atoms with Gasteiger partial charge < -0.3 is 15.2 Å². The highest BCUT2D eigenvalue weighted by Crippen LogP contribution is 2.41. The third kappa shape index (κ3) is 2.53. The van der Waals surface area contributed by atoms with E-state index >= 15 is 0 Å². The van der Waals surface area contributed by atoms with E-state index in [4.69, 9.17) is 4.98 Å². The zero-order valence-corrected chi connectivity index (χ0v) is 12.4. The van der Waals surface area contributed by atoms with E-state index in [0.717, 1.165) is 49.2 Å². The number of rotatable bonds is 3. The highest BCUT2D eigenvalue weighted by molar-refractivity contribution is 5.55. The summed E-state index contributed by atoms with van der Waals surface area (Å²) in [5.41, 5.74) is 3.38. The van der Waals surface area contributed by atoms with Gasteiger partial charge in [-0.1, -0.05) is 6.07 Å². The van der Waals surface area contributed by atoms with Crippen LogP contribution in [0.25, 0.3) is 11.5 Å². The van der Waals surface area contributed by atoms with Crippen molar-refractivity contribution in [3.63, 3.8) is 0 Å². The van der Waals surface area contributed by atoms with Crippen molar-refractivity contribution in [1.29, 1.82) is 0 Å². The van der Waals surface area contributed by atoms with Gasteiger partial charge in [-0.2, -0.15) is 0 Å². The lowest BCUT2D eigenvalue weighted by molar-refractivity contribution is 0.585. The average molecular weight is 283 g/mol. The monoisotopic (exact) mass is 283 g/mol. The number of anilines is 1. The predicted octanol–water partition coefficient (Wildman–Crippen LogP) is 2.07. The van der Waals surface area contributed by atoms with Crippen LogP contribution in [0.4, 0.5) is 5.82 Å². The molecule has 1 aliphatic carbocycles. The van der Waals surface area contributed by atoms with Crippen molar-refractivity contribution in [3.05, 3.63) is 29.6 Å². The van der Waals surface area contributed by atoms with Gasteiger partial charge in [0.1, 0.15) is 11.5 Å². The Morgan fingerprint density at radius 3 is 2.71 bits per heavy atom. The van der Waals surface area contributed by atoms with E-state index in [2.05, 4.69) is 39.2 Å². The van der Waals surface area contributed by atoms with E-state index in [-0.39, 0.29) is 0 Å². The Kier molecular flexibility index (Phi) is 3.15. The van der Waals surface area contributed by atoms with Crippen LogP contribution >= 0.6 is 0 Å². The van der Waals surface area contributed by atoms with Crippen molar-refractivity contribution in [1.82, 2.24) is 20.3 Å². The Morgan fingerprint density at radius 2 is 1.95 bits per heavy atom. The van der Waals surface area contributed by atoms with Gasteiger partial charge in [-0.15, -0.1) is 0 Å². The lowest BCUT2D eigenvalue weighted by Gasteiger charge is -2.28. The minimum absolute atomic E-state index is 0.697. The summed E-state index contributed by atoms with van der Waals surface area (Å²) < 4.78 is 0. The van der Waals surface area contributed by atoms with Crippen LogP contribution in [0.3, 0.4) is 0 Å². The minimum Gasteiger partial charge on any atom is -0.354 e. The maximum atomic E-state index is 4.81. The first-order valence-corrected chi connectivity index (χ1v) is 7.81. The van der Waals surface area contributed by atoms with Gasteiger partial charge in [-0.05, 0) is 31.9 Å². The number of imidazole rings is 1. The molecule has 4 rings (SSSR count). The first-order chi connectivity index (χ1) is 10.3. The second-order valence-electron chi connectivity index (χ2n) is 5.98. The molecule has 2 aromatic rings. The zero-order valence-electron chi connectivity index (χ0n) is 12.4. The van der Waals surface area contributed by atoms with Crippen LogP contribution < -0.4 is 10.2 Å². The number of aromatic amines is 1. The largest absolute Gasteiger partial charge is 0.354 e. The van der Waals surface area contributed by atoms with Crippen LogP contribution in [0.1, 0.15) is 30.1 Å². The van der Waals surface area contributed by atoms with Gasteiger partial charge in [-0.3, -0.25) is 0 Å². The van der Waals surface area contributed by atoms with Crippen LogP contribution in [0.15, 0.2) is 18.2 Å². The highest BCUT2D eigenvalue weighted by Gasteiger charge is 2.28. The molecule has 2 N–H and O–H groups in total. The molecule has 5 heteroatoms. The van der Waals surface area contributed by atoms with Crippen LogP contribution in [0.5, 0.6) is 0 Å². The summed E-state index contributed by atoms with van der Waals surface area (Å²) in [5, 5.41) is 3.37. The number of nitrogens with one attached hydrogen (secondary N) is 2. The molecular formula is C16H21N5. The average Bonchev–Trinajstić information content (AvgIpc) is 3.31. The SMILES string of the molecule is Cc1nc(-c2cccc(N3CCNCC3)n2)[nH]c1C1CC1. The number of piperazine rings is 1. The Balaban J connectivity index is 1.63. The third-order valence-electron chi connectivity index (χ3n) is 4.33. The summed E-state index contributed by atoms with van der Waals surface area (Å²) in [7, 11) is 0. The number of hydrogen-bond acceptors (Lipinski definition) is 4. The molecule has 1 saturated heterocycles. The highest BCUT2D eigenvalue weighted by atomic mass is 15.2. The molecule has 0 radical (unpaired) electrons. The first-order valence-electron chi connectivity index (χ1n) is 7.81. The van der Waals surface area contributed by atoms with Gasteiger partial charge in [0.25, 0.3) is 0 Å². The Hall–Kier alpha value is -1.88. The quantitative estimate of drug-likeness (QED) is 0.905. The summed E-state index contributed by atoms with van der Waals surface area (Å²) in [4.78, 5) is 15.3. The fraction of sp³-hybridized carbons (Fsp3) is 0.500. The molecule has 0 bridgehead atoms. The summed E-state index contributed by atoms with van der Waals surface area (Å²) in [6.07, 6.45) is 2.58. The lowest BCUT2D eigenvalue weighted by atomic mass is 10.2. The molecular weight excluding hydrogens is 262 g/mol. The van der Waals surface area contributed by atoms with Crippen molar-refractivity contribution in [2.45, 2.75) is 25.7 Å². The molecule has 0 aromatic carbocycles. The van der Waals surface area contributed by atoms with Crippen molar-refractivity contribution in [2.24, 2.45) is 0 Å². The molecule has 2 aromatic heterocycles. The number of H-pyrrole nitrogens is 1. The molecule has 110 valence electrons. The maximum Gasteiger partial charge on any atom is 0.156 e. The first kappa shape index (κ1) is 12.8. The van der Waals surface area contributed by atoms with Gasteiger partial charge in [0, 0.05) is 37.8 Å². The summed E-state index contributed by atoms with van der Waals surface area (Å²) in [6, 6.07) is 6.21. The van der Waals surface area contributed by atoms with Gasteiger partial charge in [-0.25, -0.2) is 9.97 Å². The van der Waals surface area contributed by atoms with Gasteiger partial charge >= 0.3 is 0 Å². The second kappa shape index (κ2) is 5.15. The van der Waals surface area contributed by atoms with Gasteiger partial charge in [0.2, 0.25) is 0 Å². The smallest absolute Gasteiger partial charge is 0.156 e. The molecule has 3 heterocycles. The molecule has 1 saturated carbocycles. The molecule has 2 aliphatic rings. The fourth-order valence-electron chi connectivity index (χ4n) is 2.99. The van der Waals surface area contributed by atoms with Gasteiger partial charge in [0.05, 0.1) is 5.69 Å². The van der Waals surface area contributed by atoms with Crippen molar-refractivity contribution in [2.75, 3.05) is 31.1 Å². The second-order valence-corrected chi connectivity index (χ2v) is 5.98. The Bertz CT molecular complexity index is 638. The lowest BCUT2D eigenvalue weighted by Crippen LogP contribution is -2.43. The van der Waals surface area contributed by atoms with Crippen LogP contribution in [-0.2, 0) is 0 Å². The van der Waals surface area contributed by atoms with Crippen LogP contribution in [-0.4, -0.2) is 41.1 Å². The topological polar surface area (TPSA) is 56.8 Å². The van der Waals surface area contributed by atoms with E-state index in [0.29, 0.717) is 5.92 Å². The molecule has 5 nitrogen and oxygen atoms in total. The molecule has 0 atom stereocenters. The summed E-state index contributed by atoms with van der Waals surface area (Å²) in [5.74, 6) is 2.66. The van der Waals surface area contributed by atoms with Crippen molar-refractivity contribution >= 4 is 5.82 Å². The standard InChI is InChI=1S/C16H21N5/c1-11-15(12-5-6-12)20-16(18-11)13-3-2-4-14(19-13)21-9-7-17-8-10-21/h2-4,12,17H,5-10H2,1H3,(H,18,20). The van der Waals surface area contributed by atoms with Crippen molar-refractivity contribution in [3.8, 4) is 11.5 Å². The number of aryl methyl sites for hydroxylation is 1. The molecule has 0 spiro atoms.